The minimum Gasteiger partial charge on any atom is -0.365 e. The molecule has 2 N–H and O–H groups in total. The van der Waals surface area contributed by atoms with Gasteiger partial charge in [0.2, 0.25) is 5.91 Å². The Kier molecular flexibility index (Phi) is 4.57. The molecule has 0 aliphatic carbocycles. The van der Waals surface area contributed by atoms with Crippen molar-refractivity contribution < 1.29 is 9.53 Å². The van der Waals surface area contributed by atoms with Crippen molar-refractivity contribution in [3.8, 4) is 0 Å². The molecule has 17 heavy (non-hydrogen) atoms. The second-order valence-electron chi connectivity index (χ2n) is 4.87. The molecule has 0 aromatic carbocycles. The van der Waals surface area contributed by atoms with Crippen LogP contribution in [0, 0.1) is 0 Å². The lowest BCUT2D eigenvalue weighted by Crippen LogP contribution is -2.35. The third-order valence-corrected chi connectivity index (χ3v) is 3.43. The van der Waals surface area contributed by atoms with Crippen LogP contribution in [0.3, 0.4) is 0 Å². The van der Waals surface area contributed by atoms with Gasteiger partial charge in [-0.05, 0) is 39.2 Å². The highest BCUT2D eigenvalue weighted by Gasteiger charge is 2.27. The molecule has 2 unspecified atom stereocenters. The van der Waals surface area contributed by atoms with E-state index >= 15 is 0 Å². The Morgan fingerprint density at radius 1 is 1.59 bits per heavy atom. The zero-order valence-electron chi connectivity index (χ0n) is 10.5. The van der Waals surface area contributed by atoms with Gasteiger partial charge in [0.25, 0.3) is 0 Å². The molecule has 2 rings (SSSR count). The Morgan fingerprint density at radius 2 is 2.47 bits per heavy atom. The first-order valence-corrected chi connectivity index (χ1v) is 6.57. The van der Waals surface area contributed by atoms with Gasteiger partial charge in [0.1, 0.15) is 6.10 Å². The van der Waals surface area contributed by atoms with Crippen LogP contribution in [-0.4, -0.2) is 37.7 Å². The van der Waals surface area contributed by atoms with Crippen LogP contribution in [0.2, 0.25) is 0 Å². The molecule has 0 aromatic heterocycles. The van der Waals surface area contributed by atoms with E-state index in [0.29, 0.717) is 0 Å². The lowest BCUT2D eigenvalue weighted by Gasteiger charge is -2.15. The van der Waals surface area contributed by atoms with Crippen molar-refractivity contribution in [2.75, 3.05) is 19.6 Å². The maximum atomic E-state index is 11.8. The Bertz CT molecular complexity index is 302. The standard InChI is InChI=1S/C13H22N2O2/c1-10-2-3-12(17-10)13(16)15-9-6-11-4-7-14-8-5-11/h4,10,12,14H,2-3,5-9H2,1H3,(H,15,16). The number of ether oxygens (including phenoxy) is 1. The van der Waals surface area contributed by atoms with Crippen molar-refractivity contribution in [2.24, 2.45) is 0 Å². The molecular formula is C13H22N2O2. The van der Waals surface area contributed by atoms with E-state index in [1.165, 1.54) is 5.57 Å². The zero-order chi connectivity index (χ0) is 12.1. The van der Waals surface area contributed by atoms with Gasteiger partial charge in [0.05, 0.1) is 6.10 Å². The van der Waals surface area contributed by atoms with Gasteiger partial charge < -0.3 is 15.4 Å². The molecule has 1 fully saturated rings. The molecule has 2 atom stereocenters. The lowest BCUT2D eigenvalue weighted by atomic mass is 10.1. The van der Waals surface area contributed by atoms with Crippen molar-refractivity contribution in [3.63, 3.8) is 0 Å². The molecule has 0 spiro atoms. The SMILES string of the molecule is CC1CCC(C(=O)NCCC2=CCNCC2)O1. The number of hydrogen-bond acceptors (Lipinski definition) is 3. The highest BCUT2D eigenvalue weighted by molar-refractivity contribution is 5.80. The van der Waals surface area contributed by atoms with Gasteiger partial charge in [0.15, 0.2) is 0 Å². The molecule has 4 nitrogen and oxygen atoms in total. The maximum absolute atomic E-state index is 11.8. The summed E-state index contributed by atoms with van der Waals surface area (Å²) in [5.74, 6) is 0.0592. The summed E-state index contributed by atoms with van der Waals surface area (Å²) in [7, 11) is 0. The summed E-state index contributed by atoms with van der Waals surface area (Å²) in [4.78, 5) is 11.8. The molecule has 0 radical (unpaired) electrons. The Hall–Kier alpha value is -0.870. The normalized spacial score (nSPS) is 28.9. The van der Waals surface area contributed by atoms with Crippen molar-refractivity contribution in [3.05, 3.63) is 11.6 Å². The van der Waals surface area contributed by atoms with Crippen LogP contribution in [0.25, 0.3) is 0 Å². The van der Waals surface area contributed by atoms with Crippen molar-refractivity contribution in [2.45, 2.75) is 44.8 Å². The van der Waals surface area contributed by atoms with E-state index in [1.807, 2.05) is 6.92 Å². The second-order valence-corrected chi connectivity index (χ2v) is 4.87. The summed E-state index contributed by atoms with van der Waals surface area (Å²) in [5, 5.41) is 6.25. The minimum absolute atomic E-state index is 0.0592. The predicted octanol–water partition coefficient (Wildman–Crippen LogP) is 0.980. The van der Waals surface area contributed by atoms with Gasteiger partial charge in [-0.2, -0.15) is 0 Å². The summed E-state index contributed by atoms with van der Waals surface area (Å²) in [6.45, 7) is 4.78. The topological polar surface area (TPSA) is 50.4 Å². The summed E-state index contributed by atoms with van der Waals surface area (Å²) < 4.78 is 5.53. The average Bonchev–Trinajstić information content (AvgIpc) is 2.77. The molecule has 4 heteroatoms. The molecule has 2 aliphatic heterocycles. The van der Waals surface area contributed by atoms with Crippen LogP contribution in [-0.2, 0) is 9.53 Å². The first kappa shape index (κ1) is 12.6. The highest BCUT2D eigenvalue weighted by atomic mass is 16.5. The first-order valence-electron chi connectivity index (χ1n) is 6.57. The molecule has 96 valence electrons. The third kappa shape index (κ3) is 3.82. The van der Waals surface area contributed by atoms with Gasteiger partial charge in [0, 0.05) is 13.1 Å². The molecular weight excluding hydrogens is 216 g/mol. The molecule has 2 aliphatic rings. The summed E-state index contributed by atoms with van der Waals surface area (Å²) >= 11 is 0. The summed E-state index contributed by atoms with van der Waals surface area (Å²) in [6, 6.07) is 0. The van der Waals surface area contributed by atoms with Crippen LogP contribution in [0.15, 0.2) is 11.6 Å². The van der Waals surface area contributed by atoms with E-state index < -0.39 is 0 Å². The maximum Gasteiger partial charge on any atom is 0.249 e. The van der Waals surface area contributed by atoms with Crippen molar-refractivity contribution in [1.82, 2.24) is 10.6 Å². The van der Waals surface area contributed by atoms with Gasteiger partial charge in [-0.25, -0.2) is 0 Å². The van der Waals surface area contributed by atoms with Crippen LogP contribution in [0.5, 0.6) is 0 Å². The molecule has 0 aromatic rings. The number of amides is 1. The van der Waals surface area contributed by atoms with Gasteiger partial charge >= 0.3 is 0 Å². The van der Waals surface area contributed by atoms with Crippen molar-refractivity contribution in [1.29, 1.82) is 0 Å². The van der Waals surface area contributed by atoms with Crippen molar-refractivity contribution >= 4 is 5.91 Å². The fourth-order valence-electron chi connectivity index (χ4n) is 2.35. The van der Waals surface area contributed by atoms with Gasteiger partial charge in [-0.15, -0.1) is 0 Å². The van der Waals surface area contributed by atoms with Crippen LogP contribution in [0.1, 0.15) is 32.6 Å². The first-order chi connectivity index (χ1) is 8.25. The molecule has 2 heterocycles. The van der Waals surface area contributed by atoms with Crippen LogP contribution >= 0.6 is 0 Å². The number of carbonyl (C=O) groups is 1. The summed E-state index contributed by atoms with van der Waals surface area (Å²) in [5.41, 5.74) is 1.45. The van der Waals surface area contributed by atoms with E-state index in [0.717, 1.165) is 45.3 Å². The zero-order valence-corrected chi connectivity index (χ0v) is 10.5. The second kappa shape index (κ2) is 6.17. The van der Waals surface area contributed by atoms with E-state index in [9.17, 15) is 4.79 Å². The van der Waals surface area contributed by atoms with Gasteiger partial charge in [-0.1, -0.05) is 11.6 Å². The monoisotopic (exact) mass is 238 g/mol. The van der Waals surface area contributed by atoms with Crippen LogP contribution < -0.4 is 10.6 Å². The predicted molar refractivity (Wildman–Crippen MR) is 66.8 cm³/mol. The molecule has 1 amide bonds. The smallest absolute Gasteiger partial charge is 0.249 e. The Balaban J connectivity index is 1.64. The van der Waals surface area contributed by atoms with Crippen LogP contribution in [0.4, 0.5) is 0 Å². The highest BCUT2D eigenvalue weighted by Crippen LogP contribution is 2.19. The fraction of sp³-hybridized carbons (Fsp3) is 0.769. The fourth-order valence-corrected chi connectivity index (χ4v) is 2.35. The van der Waals surface area contributed by atoms with E-state index in [1.54, 1.807) is 0 Å². The largest absolute Gasteiger partial charge is 0.365 e. The average molecular weight is 238 g/mol. The number of hydrogen-bond donors (Lipinski definition) is 2. The number of rotatable bonds is 4. The molecule has 1 saturated heterocycles. The quantitative estimate of drug-likeness (QED) is 0.718. The summed E-state index contributed by atoms with van der Waals surface area (Å²) in [6.07, 6.45) is 6.17. The number of nitrogens with one attached hydrogen (secondary N) is 2. The third-order valence-electron chi connectivity index (χ3n) is 3.43. The van der Waals surface area contributed by atoms with E-state index in [-0.39, 0.29) is 18.1 Å². The molecule has 0 bridgehead atoms. The Morgan fingerprint density at radius 3 is 3.12 bits per heavy atom. The minimum atomic E-state index is -0.216. The molecule has 0 saturated carbocycles. The van der Waals surface area contributed by atoms with E-state index in [4.69, 9.17) is 4.74 Å². The lowest BCUT2D eigenvalue weighted by molar-refractivity contribution is -0.131. The Labute approximate surface area is 103 Å². The number of carbonyl (C=O) groups excluding carboxylic acids is 1. The van der Waals surface area contributed by atoms with E-state index in [2.05, 4.69) is 16.7 Å². The van der Waals surface area contributed by atoms with Gasteiger partial charge in [-0.3, -0.25) is 4.79 Å².